The zero-order valence-corrected chi connectivity index (χ0v) is 21.0. The average molecular weight is 508 g/mol. The highest BCUT2D eigenvalue weighted by molar-refractivity contribution is 7.99. The summed E-state index contributed by atoms with van der Waals surface area (Å²) in [6, 6.07) is 11.4. The van der Waals surface area contributed by atoms with Crippen molar-refractivity contribution in [2.24, 2.45) is 0 Å². The molecule has 0 aromatic heterocycles. The van der Waals surface area contributed by atoms with Gasteiger partial charge < -0.3 is 19.7 Å². The molecule has 2 N–H and O–H groups in total. The van der Waals surface area contributed by atoms with Crippen molar-refractivity contribution in [3.63, 3.8) is 0 Å². The first-order valence-electron chi connectivity index (χ1n) is 10.0. The molecule has 8 heteroatoms. The number of aliphatic hydroxyl groups is 2. The maximum Gasteiger partial charge on any atom is 0.156 e. The van der Waals surface area contributed by atoms with Crippen LogP contribution in [0.1, 0.15) is 31.9 Å². The van der Waals surface area contributed by atoms with Crippen molar-refractivity contribution >= 4 is 46.6 Å². The first kappa shape index (κ1) is 26.4. The van der Waals surface area contributed by atoms with E-state index in [1.165, 1.54) is 0 Å². The molecule has 2 aromatic rings. The van der Waals surface area contributed by atoms with Crippen LogP contribution in [0.4, 0.5) is 0 Å². The molecule has 2 aromatic carbocycles. The number of alkyl halides is 1. The third-order valence-electron chi connectivity index (χ3n) is 4.85. The van der Waals surface area contributed by atoms with Gasteiger partial charge in [0.25, 0.3) is 0 Å². The van der Waals surface area contributed by atoms with Crippen molar-refractivity contribution in [2.45, 2.75) is 38.4 Å². The van der Waals surface area contributed by atoms with E-state index in [2.05, 4.69) is 20.8 Å². The van der Waals surface area contributed by atoms with Gasteiger partial charge in [-0.2, -0.15) is 11.8 Å². The lowest BCUT2D eigenvalue weighted by Crippen LogP contribution is -2.21. The van der Waals surface area contributed by atoms with E-state index in [-0.39, 0.29) is 24.5 Å². The second kappa shape index (κ2) is 12.4. The molecular formula is C23H29Cl3O4S. The Bertz CT molecular complexity index is 807. The SMILES string of the molecule is CCSCC(O)COc1ccc(C(C)(C)c2cc(Cl)c(OCC(O)CCl)c(Cl)c2)cc1. The topological polar surface area (TPSA) is 58.9 Å². The summed E-state index contributed by atoms with van der Waals surface area (Å²) in [5, 5.41) is 20.3. The van der Waals surface area contributed by atoms with Crippen molar-refractivity contribution in [3.8, 4) is 11.5 Å². The summed E-state index contributed by atoms with van der Waals surface area (Å²) >= 11 is 20.1. The molecule has 0 saturated heterocycles. The standard InChI is InChI=1S/C23H29Cl3O4S/c1-4-31-14-18(28)13-29-19-7-5-15(6-8-19)23(2,3)16-9-20(25)22(21(26)10-16)30-12-17(27)11-24/h5-10,17-18,27-28H,4,11-14H2,1-3H3. The number of hydrogen-bond donors (Lipinski definition) is 2. The monoisotopic (exact) mass is 506 g/mol. The molecule has 0 aliphatic rings. The van der Waals surface area contributed by atoms with Crippen molar-refractivity contribution in [3.05, 3.63) is 57.6 Å². The van der Waals surface area contributed by atoms with Gasteiger partial charge in [-0.3, -0.25) is 0 Å². The Labute approximate surface area is 203 Å². The molecule has 172 valence electrons. The lowest BCUT2D eigenvalue weighted by atomic mass is 9.78. The van der Waals surface area contributed by atoms with Crippen LogP contribution in [-0.4, -0.2) is 53.0 Å². The summed E-state index contributed by atoms with van der Waals surface area (Å²) in [6.45, 7) is 6.49. The van der Waals surface area contributed by atoms with Crippen LogP contribution in [0.15, 0.2) is 36.4 Å². The molecule has 0 amide bonds. The molecule has 0 saturated carbocycles. The van der Waals surface area contributed by atoms with E-state index in [0.717, 1.165) is 16.9 Å². The largest absolute Gasteiger partial charge is 0.491 e. The maximum atomic E-state index is 9.93. The molecule has 4 nitrogen and oxygen atoms in total. The van der Waals surface area contributed by atoms with Crippen molar-refractivity contribution in [1.82, 2.24) is 0 Å². The lowest BCUT2D eigenvalue weighted by molar-refractivity contribution is 0.125. The Morgan fingerprint density at radius 1 is 0.935 bits per heavy atom. The van der Waals surface area contributed by atoms with Crippen LogP contribution in [0.2, 0.25) is 10.0 Å². The van der Waals surface area contributed by atoms with Crippen LogP contribution in [0, 0.1) is 0 Å². The van der Waals surface area contributed by atoms with E-state index in [1.807, 2.05) is 36.4 Å². The minimum atomic E-state index is -0.794. The molecular weight excluding hydrogens is 479 g/mol. The third kappa shape index (κ3) is 7.62. The molecule has 2 unspecified atom stereocenters. The molecule has 0 heterocycles. The van der Waals surface area contributed by atoms with Crippen LogP contribution in [0.5, 0.6) is 11.5 Å². The predicted octanol–water partition coefficient (Wildman–Crippen LogP) is 5.79. The van der Waals surface area contributed by atoms with Gasteiger partial charge in [0.15, 0.2) is 5.75 Å². The van der Waals surface area contributed by atoms with Gasteiger partial charge in [-0.25, -0.2) is 0 Å². The molecule has 2 atom stereocenters. The Morgan fingerprint density at radius 2 is 1.52 bits per heavy atom. The van der Waals surface area contributed by atoms with Crippen LogP contribution in [-0.2, 0) is 5.41 Å². The van der Waals surface area contributed by atoms with Gasteiger partial charge in [0.2, 0.25) is 0 Å². The number of ether oxygens (including phenoxy) is 2. The molecule has 31 heavy (non-hydrogen) atoms. The van der Waals surface area contributed by atoms with Gasteiger partial charge in [-0.05, 0) is 41.1 Å². The smallest absolute Gasteiger partial charge is 0.156 e. The number of thioether (sulfide) groups is 1. The lowest BCUT2D eigenvalue weighted by Gasteiger charge is -2.27. The van der Waals surface area contributed by atoms with Gasteiger partial charge in [0.1, 0.15) is 25.1 Å². The van der Waals surface area contributed by atoms with Crippen molar-refractivity contribution < 1.29 is 19.7 Å². The molecule has 0 radical (unpaired) electrons. The van der Waals surface area contributed by atoms with Crippen LogP contribution >= 0.6 is 46.6 Å². The minimum absolute atomic E-state index is 0.0129. The molecule has 0 spiro atoms. The summed E-state index contributed by atoms with van der Waals surface area (Å²) in [6.07, 6.45) is -1.28. The molecule has 0 bridgehead atoms. The fourth-order valence-corrected chi connectivity index (χ4v) is 4.20. The fourth-order valence-electron chi connectivity index (χ4n) is 2.91. The predicted molar refractivity (Wildman–Crippen MR) is 132 cm³/mol. The summed E-state index contributed by atoms with van der Waals surface area (Å²) < 4.78 is 11.2. The number of rotatable bonds is 12. The van der Waals surface area contributed by atoms with Crippen molar-refractivity contribution in [2.75, 3.05) is 30.6 Å². The Morgan fingerprint density at radius 3 is 2.06 bits per heavy atom. The van der Waals surface area contributed by atoms with Crippen molar-refractivity contribution in [1.29, 1.82) is 0 Å². The minimum Gasteiger partial charge on any atom is -0.491 e. The van der Waals surface area contributed by atoms with E-state index >= 15 is 0 Å². The van der Waals surface area contributed by atoms with Crippen LogP contribution < -0.4 is 9.47 Å². The summed E-state index contributed by atoms with van der Waals surface area (Å²) in [5.41, 5.74) is 1.60. The number of hydrogen-bond acceptors (Lipinski definition) is 5. The van der Waals surface area contributed by atoms with Crippen LogP contribution in [0.3, 0.4) is 0 Å². The number of aliphatic hydroxyl groups excluding tert-OH is 2. The van der Waals surface area contributed by atoms with Gasteiger partial charge in [-0.15, -0.1) is 11.6 Å². The van der Waals surface area contributed by atoms with Gasteiger partial charge in [0, 0.05) is 11.2 Å². The average Bonchev–Trinajstić information content (AvgIpc) is 2.75. The second-order valence-electron chi connectivity index (χ2n) is 7.66. The van der Waals surface area contributed by atoms with Gasteiger partial charge in [0.05, 0.1) is 22.0 Å². The van der Waals surface area contributed by atoms with E-state index < -0.39 is 12.2 Å². The zero-order chi connectivity index (χ0) is 23.0. The zero-order valence-electron chi connectivity index (χ0n) is 17.9. The normalized spacial score (nSPS) is 13.7. The van der Waals surface area contributed by atoms with E-state index in [0.29, 0.717) is 27.3 Å². The molecule has 0 aliphatic carbocycles. The Hall–Kier alpha value is -0.820. The summed E-state index contributed by atoms with van der Waals surface area (Å²) in [4.78, 5) is 0. The van der Waals surface area contributed by atoms with E-state index in [4.69, 9.17) is 44.3 Å². The van der Waals surface area contributed by atoms with Crippen LogP contribution in [0.25, 0.3) is 0 Å². The summed E-state index contributed by atoms with van der Waals surface area (Å²) in [7, 11) is 0. The highest BCUT2D eigenvalue weighted by atomic mass is 35.5. The Balaban J connectivity index is 2.12. The van der Waals surface area contributed by atoms with Gasteiger partial charge in [-0.1, -0.05) is 56.1 Å². The number of halogens is 3. The quantitative estimate of drug-likeness (QED) is 0.356. The van der Waals surface area contributed by atoms with E-state index in [9.17, 15) is 10.2 Å². The third-order valence-corrected chi connectivity index (χ3v) is 6.80. The maximum absolute atomic E-state index is 9.93. The highest BCUT2D eigenvalue weighted by Crippen LogP contribution is 2.40. The first-order valence-corrected chi connectivity index (χ1v) is 12.5. The number of benzene rings is 2. The molecule has 0 aliphatic heterocycles. The van der Waals surface area contributed by atoms with Gasteiger partial charge >= 0.3 is 0 Å². The van der Waals surface area contributed by atoms with E-state index in [1.54, 1.807) is 11.8 Å². The molecule has 0 fully saturated rings. The summed E-state index contributed by atoms with van der Waals surface area (Å²) in [5.74, 6) is 2.73. The first-order chi connectivity index (χ1) is 14.7. The second-order valence-corrected chi connectivity index (χ2v) is 10.1. The Kier molecular flexibility index (Phi) is 10.6. The molecule has 2 rings (SSSR count). The highest BCUT2D eigenvalue weighted by Gasteiger charge is 2.26. The fraction of sp³-hybridized carbons (Fsp3) is 0.478.